The lowest BCUT2D eigenvalue weighted by Crippen LogP contribution is -2.42. The molecule has 0 rings (SSSR count). The standard InChI is InChI=1S/C15H28O6/c1-5-15(6-2,13(16)20-11-9-18-7-3)14(17)21-12-10-19-8-4/h5-12H2,1-4H3. The number of ether oxygens (including phenoxy) is 4. The summed E-state index contributed by atoms with van der Waals surface area (Å²) in [4.78, 5) is 24.4. The summed E-state index contributed by atoms with van der Waals surface area (Å²) in [6, 6.07) is 0. The first-order valence-electron chi connectivity index (χ1n) is 7.58. The number of hydrogen-bond donors (Lipinski definition) is 0. The van der Waals surface area contributed by atoms with Crippen LogP contribution in [0.2, 0.25) is 0 Å². The fourth-order valence-corrected chi connectivity index (χ4v) is 1.86. The zero-order valence-electron chi connectivity index (χ0n) is 13.6. The van der Waals surface area contributed by atoms with Gasteiger partial charge in [0.2, 0.25) is 0 Å². The van der Waals surface area contributed by atoms with Gasteiger partial charge in [-0.15, -0.1) is 0 Å². The highest BCUT2D eigenvalue weighted by Crippen LogP contribution is 2.30. The molecule has 0 fully saturated rings. The van der Waals surface area contributed by atoms with E-state index in [0.717, 1.165) is 0 Å². The molecule has 0 aromatic carbocycles. The van der Waals surface area contributed by atoms with E-state index < -0.39 is 17.4 Å². The molecule has 0 aliphatic rings. The average molecular weight is 304 g/mol. The largest absolute Gasteiger partial charge is 0.462 e. The molecule has 0 unspecified atom stereocenters. The second kappa shape index (κ2) is 11.5. The van der Waals surface area contributed by atoms with E-state index in [2.05, 4.69) is 0 Å². The van der Waals surface area contributed by atoms with Crippen molar-refractivity contribution in [2.75, 3.05) is 39.6 Å². The van der Waals surface area contributed by atoms with Crippen molar-refractivity contribution < 1.29 is 28.5 Å². The van der Waals surface area contributed by atoms with Gasteiger partial charge in [-0.1, -0.05) is 13.8 Å². The van der Waals surface area contributed by atoms with Gasteiger partial charge in [-0.2, -0.15) is 0 Å². The summed E-state index contributed by atoms with van der Waals surface area (Å²) in [5.41, 5.74) is -1.24. The highest BCUT2D eigenvalue weighted by Gasteiger charge is 2.45. The summed E-state index contributed by atoms with van der Waals surface area (Å²) in [5.74, 6) is -1.10. The van der Waals surface area contributed by atoms with Gasteiger partial charge in [0.05, 0.1) is 13.2 Å². The molecule has 124 valence electrons. The molecule has 0 aromatic rings. The zero-order chi connectivity index (χ0) is 16.1. The Hall–Kier alpha value is -1.14. The van der Waals surface area contributed by atoms with Gasteiger partial charge in [-0.05, 0) is 26.7 Å². The Balaban J connectivity index is 4.50. The van der Waals surface area contributed by atoms with Gasteiger partial charge in [0, 0.05) is 13.2 Å². The Labute approximate surface area is 127 Å². The molecule has 0 aliphatic carbocycles. The van der Waals surface area contributed by atoms with Crippen LogP contribution in [0.3, 0.4) is 0 Å². The predicted molar refractivity (Wildman–Crippen MR) is 77.9 cm³/mol. The fourth-order valence-electron chi connectivity index (χ4n) is 1.86. The minimum Gasteiger partial charge on any atom is -0.462 e. The monoisotopic (exact) mass is 304 g/mol. The average Bonchev–Trinajstić information content (AvgIpc) is 2.50. The van der Waals surface area contributed by atoms with Crippen LogP contribution in [0.15, 0.2) is 0 Å². The van der Waals surface area contributed by atoms with Crippen molar-refractivity contribution in [2.45, 2.75) is 40.5 Å². The topological polar surface area (TPSA) is 71.1 Å². The first-order valence-corrected chi connectivity index (χ1v) is 7.58. The van der Waals surface area contributed by atoms with Gasteiger partial charge in [0.1, 0.15) is 13.2 Å². The Morgan fingerprint density at radius 3 is 1.38 bits per heavy atom. The molecule has 0 bridgehead atoms. The van der Waals surface area contributed by atoms with Crippen molar-refractivity contribution in [2.24, 2.45) is 5.41 Å². The van der Waals surface area contributed by atoms with E-state index in [-0.39, 0.29) is 13.2 Å². The van der Waals surface area contributed by atoms with Crippen molar-refractivity contribution in [3.63, 3.8) is 0 Å². The highest BCUT2D eigenvalue weighted by molar-refractivity contribution is 5.99. The summed E-state index contributed by atoms with van der Waals surface area (Å²) >= 11 is 0. The van der Waals surface area contributed by atoms with Gasteiger partial charge in [-0.25, -0.2) is 0 Å². The van der Waals surface area contributed by atoms with Crippen LogP contribution in [0, 0.1) is 5.41 Å². The molecule has 0 saturated carbocycles. The third kappa shape index (κ3) is 6.44. The van der Waals surface area contributed by atoms with Gasteiger partial charge >= 0.3 is 11.9 Å². The molecule has 6 nitrogen and oxygen atoms in total. The summed E-state index contributed by atoms with van der Waals surface area (Å²) in [5, 5.41) is 0. The van der Waals surface area contributed by atoms with E-state index in [1.807, 2.05) is 13.8 Å². The van der Waals surface area contributed by atoms with Crippen LogP contribution in [-0.4, -0.2) is 51.6 Å². The van der Waals surface area contributed by atoms with Crippen molar-refractivity contribution in [3.05, 3.63) is 0 Å². The first-order chi connectivity index (χ1) is 10.1. The normalized spacial score (nSPS) is 11.2. The number of carbonyl (C=O) groups excluding carboxylic acids is 2. The number of esters is 2. The van der Waals surface area contributed by atoms with E-state index in [1.165, 1.54) is 0 Å². The van der Waals surface area contributed by atoms with Crippen LogP contribution < -0.4 is 0 Å². The van der Waals surface area contributed by atoms with Gasteiger partial charge < -0.3 is 18.9 Å². The van der Waals surface area contributed by atoms with Crippen LogP contribution in [0.4, 0.5) is 0 Å². The maximum absolute atomic E-state index is 12.2. The van der Waals surface area contributed by atoms with Crippen LogP contribution in [-0.2, 0) is 28.5 Å². The van der Waals surface area contributed by atoms with Crippen molar-refractivity contribution in [1.82, 2.24) is 0 Å². The van der Waals surface area contributed by atoms with Crippen LogP contribution >= 0.6 is 0 Å². The third-order valence-corrected chi connectivity index (χ3v) is 3.32. The molecule has 0 spiro atoms. The van der Waals surface area contributed by atoms with Gasteiger partial charge in [0.25, 0.3) is 0 Å². The van der Waals surface area contributed by atoms with E-state index in [4.69, 9.17) is 18.9 Å². The summed E-state index contributed by atoms with van der Waals surface area (Å²) in [6.07, 6.45) is 0.675. The highest BCUT2D eigenvalue weighted by atomic mass is 16.6. The van der Waals surface area contributed by atoms with Crippen molar-refractivity contribution in [1.29, 1.82) is 0 Å². The molecule has 0 radical (unpaired) electrons. The van der Waals surface area contributed by atoms with Crippen LogP contribution in [0.5, 0.6) is 0 Å². The lowest BCUT2D eigenvalue weighted by molar-refractivity contribution is -0.175. The van der Waals surface area contributed by atoms with Crippen molar-refractivity contribution >= 4 is 11.9 Å². The van der Waals surface area contributed by atoms with E-state index in [1.54, 1.807) is 13.8 Å². The predicted octanol–water partition coefficient (Wildman–Crippen LogP) is 1.95. The smallest absolute Gasteiger partial charge is 0.323 e. The molecule has 6 heteroatoms. The Bertz CT molecular complexity index is 273. The number of rotatable bonds is 12. The summed E-state index contributed by atoms with van der Waals surface area (Å²) in [7, 11) is 0. The molecule has 0 amide bonds. The quantitative estimate of drug-likeness (QED) is 0.312. The van der Waals surface area contributed by atoms with Crippen LogP contribution in [0.25, 0.3) is 0 Å². The minimum absolute atomic E-state index is 0.140. The molecular formula is C15H28O6. The second-order valence-electron chi connectivity index (χ2n) is 4.45. The first kappa shape index (κ1) is 19.9. The molecule has 0 atom stereocenters. The number of carbonyl (C=O) groups is 2. The SMILES string of the molecule is CCOCCOC(=O)C(CC)(CC)C(=O)OCCOCC. The number of hydrogen-bond acceptors (Lipinski definition) is 6. The molecule has 0 heterocycles. The van der Waals surface area contributed by atoms with E-state index in [0.29, 0.717) is 39.3 Å². The van der Waals surface area contributed by atoms with Crippen molar-refractivity contribution in [3.8, 4) is 0 Å². The molecular weight excluding hydrogens is 276 g/mol. The maximum Gasteiger partial charge on any atom is 0.323 e. The van der Waals surface area contributed by atoms with Gasteiger partial charge in [-0.3, -0.25) is 9.59 Å². The van der Waals surface area contributed by atoms with Crippen LogP contribution in [0.1, 0.15) is 40.5 Å². The molecule has 0 N–H and O–H groups in total. The summed E-state index contributed by atoms with van der Waals surface area (Å²) in [6.45, 7) is 9.32. The van der Waals surface area contributed by atoms with Gasteiger partial charge in [0.15, 0.2) is 5.41 Å². The Morgan fingerprint density at radius 1 is 0.714 bits per heavy atom. The Kier molecular flexibility index (Phi) is 10.9. The lowest BCUT2D eigenvalue weighted by atomic mass is 9.82. The summed E-state index contributed by atoms with van der Waals surface area (Å²) < 4.78 is 20.5. The second-order valence-corrected chi connectivity index (χ2v) is 4.45. The minimum atomic E-state index is -1.24. The fraction of sp³-hybridized carbons (Fsp3) is 0.867. The molecule has 0 aromatic heterocycles. The molecule has 21 heavy (non-hydrogen) atoms. The maximum atomic E-state index is 12.2. The zero-order valence-corrected chi connectivity index (χ0v) is 13.6. The van der Waals surface area contributed by atoms with E-state index >= 15 is 0 Å². The molecule has 0 saturated heterocycles. The Morgan fingerprint density at radius 2 is 1.10 bits per heavy atom. The molecule has 0 aliphatic heterocycles. The third-order valence-electron chi connectivity index (χ3n) is 3.32. The van der Waals surface area contributed by atoms with E-state index in [9.17, 15) is 9.59 Å². The lowest BCUT2D eigenvalue weighted by Gasteiger charge is -2.26.